The average molecular weight is 286 g/mol. The number of nitrogens with two attached hydrogens (primary N) is 1. The number of nitrogens with one attached hydrogen (secondary N) is 2. The van der Waals surface area contributed by atoms with Crippen LogP contribution < -0.4 is 16.6 Å². The predicted molar refractivity (Wildman–Crippen MR) is 76.4 cm³/mol. The third-order valence-corrected chi connectivity index (χ3v) is 2.87. The minimum Gasteiger partial charge on any atom is -0.368 e. The standard InChI is InChI=1S/C14H14N4O3/c1-8(11(15)19)17-13(20)10-7-16-12(18-14(10)21)9-5-3-2-4-6-9/h2-8H,1H3,(H2,15,19)(H,17,20)(H,16,18,21)/t8-/m0/s1. The van der Waals surface area contributed by atoms with Gasteiger partial charge in [0.2, 0.25) is 5.91 Å². The number of rotatable bonds is 4. The monoisotopic (exact) mass is 286 g/mol. The van der Waals surface area contributed by atoms with E-state index in [1.807, 2.05) is 18.2 Å². The Morgan fingerprint density at radius 2 is 1.95 bits per heavy atom. The number of primary amides is 1. The van der Waals surface area contributed by atoms with Gasteiger partial charge in [-0.3, -0.25) is 14.4 Å². The molecule has 2 aromatic rings. The van der Waals surface area contributed by atoms with E-state index in [2.05, 4.69) is 15.3 Å². The molecule has 4 N–H and O–H groups in total. The highest BCUT2D eigenvalue weighted by Gasteiger charge is 2.17. The van der Waals surface area contributed by atoms with Gasteiger partial charge in [-0.05, 0) is 6.92 Å². The van der Waals surface area contributed by atoms with Crippen LogP contribution in [0.25, 0.3) is 11.4 Å². The van der Waals surface area contributed by atoms with Crippen molar-refractivity contribution in [2.45, 2.75) is 13.0 Å². The quantitative estimate of drug-likeness (QED) is 0.735. The van der Waals surface area contributed by atoms with E-state index in [1.165, 1.54) is 13.1 Å². The van der Waals surface area contributed by atoms with Crippen LogP contribution in [-0.4, -0.2) is 27.8 Å². The first-order valence-corrected chi connectivity index (χ1v) is 6.24. The van der Waals surface area contributed by atoms with Crippen LogP contribution in [0.2, 0.25) is 0 Å². The SMILES string of the molecule is C[C@H](NC(=O)c1cnc(-c2ccccc2)[nH]c1=O)C(N)=O. The maximum Gasteiger partial charge on any atom is 0.264 e. The highest BCUT2D eigenvalue weighted by molar-refractivity contribution is 5.96. The summed E-state index contributed by atoms with van der Waals surface area (Å²) in [6.45, 7) is 1.43. The molecule has 0 aliphatic heterocycles. The molecule has 1 aromatic heterocycles. The Bertz CT molecular complexity index is 724. The average Bonchev–Trinajstić information content (AvgIpc) is 2.47. The fourth-order valence-corrected chi connectivity index (χ4v) is 1.64. The zero-order valence-electron chi connectivity index (χ0n) is 11.3. The van der Waals surface area contributed by atoms with Crippen molar-refractivity contribution < 1.29 is 9.59 Å². The van der Waals surface area contributed by atoms with E-state index in [0.29, 0.717) is 5.82 Å². The van der Waals surface area contributed by atoms with E-state index in [4.69, 9.17) is 5.73 Å². The zero-order valence-corrected chi connectivity index (χ0v) is 11.3. The third-order valence-electron chi connectivity index (χ3n) is 2.87. The fraction of sp³-hybridized carbons (Fsp3) is 0.143. The molecular formula is C14H14N4O3. The Balaban J connectivity index is 2.26. The number of H-pyrrole nitrogens is 1. The van der Waals surface area contributed by atoms with Gasteiger partial charge in [0.1, 0.15) is 17.4 Å². The first-order chi connectivity index (χ1) is 9.99. The van der Waals surface area contributed by atoms with E-state index < -0.39 is 23.4 Å². The number of aromatic nitrogens is 2. The van der Waals surface area contributed by atoms with Crippen LogP contribution in [0.1, 0.15) is 17.3 Å². The Hall–Kier alpha value is -2.96. The van der Waals surface area contributed by atoms with Gasteiger partial charge >= 0.3 is 0 Å². The van der Waals surface area contributed by atoms with Crippen molar-refractivity contribution in [2.24, 2.45) is 5.73 Å². The lowest BCUT2D eigenvalue weighted by molar-refractivity contribution is -0.119. The molecule has 0 saturated carbocycles. The zero-order chi connectivity index (χ0) is 15.4. The molecule has 7 nitrogen and oxygen atoms in total. The van der Waals surface area contributed by atoms with Crippen molar-refractivity contribution in [3.8, 4) is 11.4 Å². The summed E-state index contributed by atoms with van der Waals surface area (Å²) in [6, 6.07) is 8.16. The van der Waals surface area contributed by atoms with Crippen LogP contribution in [0.4, 0.5) is 0 Å². The number of aromatic amines is 1. The van der Waals surface area contributed by atoms with Crippen LogP contribution in [0.15, 0.2) is 41.3 Å². The van der Waals surface area contributed by atoms with Crippen molar-refractivity contribution in [1.82, 2.24) is 15.3 Å². The summed E-state index contributed by atoms with van der Waals surface area (Å²) in [7, 11) is 0. The summed E-state index contributed by atoms with van der Waals surface area (Å²) in [5, 5.41) is 2.32. The van der Waals surface area contributed by atoms with Crippen LogP contribution in [0.3, 0.4) is 0 Å². The largest absolute Gasteiger partial charge is 0.368 e. The maximum absolute atomic E-state index is 11.9. The van der Waals surface area contributed by atoms with Crippen LogP contribution in [0, 0.1) is 0 Å². The molecule has 1 aromatic carbocycles. The van der Waals surface area contributed by atoms with Gasteiger partial charge in [0.05, 0.1) is 0 Å². The first kappa shape index (κ1) is 14.4. The van der Waals surface area contributed by atoms with Crippen LogP contribution in [-0.2, 0) is 4.79 Å². The minimum atomic E-state index is -0.870. The lowest BCUT2D eigenvalue weighted by Crippen LogP contribution is -2.43. The van der Waals surface area contributed by atoms with E-state index in [-0.39, 0.29) is 5.56 Å². The molecule has 21 heavy (non-hydrogen) atoms. The second-order valence-electron chi connectivity index (χ2n) is 4.44. The molecule has 0 radical (unpaired) electrons. The number of carbonyl (C=O) groups excluding carboxylic acids is 2. The molecule has 1 atom stereocenters. The van der Waals surface area contributed by atoms with Gasteiger partial charge < -0.3 is 16.0 Å². The van der Waals surface area contributed by atoms with Crippen molar-refractivity contribution in [2.75, 3.05) is 0 Å². The molecule has 108 valence electrons. The molecule has 0 fully saturated rings. The van der Waals surface area contributed by atoms with E-state index >= 15 is 0 Å². The lowest BCUT2D eigenvalue weighted by Gasteiger charge is -2.09. The molecule has 7 heteroatoms. The second kappa shape index (κ2) is 6.00. The summed E-state index contributed by atoms with van der Waals surface area (Å²) in [5.74, 6) is -1.02. The molecule has 2 rings (SSSR count). The molecule has 0 unspecified atom stereocenters. The molecule has 0 aliphatic rings. The predicted octanol–water partition coefficient (Wildman–Crippen LogP) is 0.0405. The fourth-order valence-electron chi connectivity index (χ4n) is 1.64. The third kappa shape index (κ3) is 3.33. The van der Waals surface area contributed by atoms with Gasteiger partial charge in [0, 0.05) is 11.8 Å². The topological polar surface area (TPSA) is 118 Å². The van der Waals surface area contributed by atoms with Crippen LogP contribution in [0.5, 0.6) is 0 Å². The molecule has 0 bridgehead atoms. The number of amides is 2. The van der Waals surface area contributed by atoms with E-state index in [9.17, 15) is 14.4 Å². The Morgan fingerprint density at radius 1 is 1.29 bits per heavy atom. The Morgan fingerprint density at radius 3 is 2.52 bits per heavy atom. The number of hydrogen-bond acceptors (Lipinski definition) is 4. The number of benzene rings is 1. The highest BCUT2D eigenvalue weighted by Crippen LogP contribution is 2.11. The highest BCUT2D eigenvalue weighted by atomic mass is 16.2. The molecule has 1 heterocycles. The molecule has 0 saturated heterocycles. The molecule has 0 spiro atoms. The van der Waals surface area contributed by atoms with Crippen molar-refractivity contribution >= 4 is 11.8 Å². The van der Waals surface area contributed by atoms with Gasteiger partial charge in [0.25, 0.3) is 11.5 Å². The van der Waals surface area contributed by atoms with Crippen molar-refractivity contribution in [3.05, 3.63) is 52.4 Å². The summed E-state index contributed by atoms with van der Waals surface area (Å²) in [5.41, 5.74) is 5.01. The van der Waals surface area contributed by atoms with E-state index in [0.717, 1.165) is 5.56 Å². The van der Waals surface area contributed by atoms with Gasteiger partial charge in [0.15, 0.2) is 0 Å². The summed E-state index contributed by atoms with van der Waals surface area (Å²) >= 11 is 0. The molecular weight excluding hydrogens is 272 g/mol. The molecule has 0 aliphatic carbocycles. The van der Waals surface area contributed by atoms with Gasteiger partial charge in [-0.25, -0.2) is 4.98 Å². The van der Waals surface area contributed by atoms with Gasteiger partial charge in [-0.15, -0.1) is 0 Å². The second-order valence-corrected chi connectivity index (χ2v) is 4.44. The Labute approximate surface area is 120 Å². The lowest BCUT2D eigenvalue weighted by atomic mass is 10.2. The summed E-state index contributed by atoms with van der Waals surface area (Å²) in [4.78, 5) is 41.3. The molecule has 2 amide bonds. The van der Waals surface area contributed by atoms with Crippen molar-refractivity contribution in [1.29, 1.82) is 0 Å². The Kier molecular flexibility index (Phi) is 4.13. The maximum atomic E-state index is 11.9. The number of nitrogens with zero attached hydrogens (tertiary/aromatic N) is 1. The van der Waals surface area contributed by atoms with Crippen LogP contribution >= 0.6 is 0 Å². The minimum absolute atomic E-state index is 0.178. The smallest absolute Gasteiger partial charge is 0.264 e. The summed E-state index contributed by atoms with van der Waals surface area (Å²) in [6.07, 6.45) is 1.17. The van der Waals surface area contributed by atoms with E-state index in [1.54, 1.807) is 12.1 Å². The van der Waals surface area contributed by atoms with Gasteiger partial charge in [-0.2, -0.15) is 0 Å². The first-order valence-electron chi connectivity index (χ1n) is 6.24. The number of hydrogen-bond donors (Lipinski definition) is 3. The summed E-state index contributed by atoms with van der Waals surface area (Å²) < 4.78 is 0. The normalized spacial score (nSPS) is 11.7. The van der Waals surface area contributed by atoms with Crippen molar-refractivity contribution in [3.63, 3.8) is 0 Å². The van der Waals surface area contributed by atoms with Gasteiger partial charge in [-0.1, -0.05) is 30.3 Å². The number of carbonyl (C=O) groups is 2.